The maximum atomic E-state index is 11.5. The number of anilines is 1. The SMILES string of the molecule is O=C(NCCc1ccc(O)cc1)Nc1cccnn1. The maximum absolute atomic E-state index is 11.5. The van der Waals surface area contributed by atoms with Crippen LogP contribution in [0.1, 0.15) is 5.56 Å². The van der Waals surface area contributed by atoms with Crippen LogP contribution in [0.2, 0.25) is 0 Å². The lowest BCUT2D eigenvalue weighted by atomic mass is 10.1. The highest BCUT2D eigenvalue weighted by atomic mass is 16.3. The number of aromatic hydroxyl groups is 1. The Kier molecular flexibility index (Phi) is 4.28. The zero-order valence-corrected chi connectivity index (χ0v) is 10.2. The second kappa shape index (κ2) is 6.34. The Morgan fingerprint density at radius 1 is 1.21 bits per heavy atom. The molecule has 0 saturated heterocycles. The normalized spacial score (nSPS) is 9.89. The van der Waals surface area contributed by atoms with Crippen LogP contribution in [0.5, 0.6) is 5.75 Å². The van der Waals surface area contributed by atoms with Crippen molar-refractivity contribution in [2.45, 2.75) is 6.42 Å². The van der Waals surface area contributed by atoms with Crippen LogP contribution in [-0.4, -0.2) is 27.9 Å². The predicted octanol–water partition coefficient (Wildman–Crippen LogP) is 1.55. The molecule has 0 saturated carbocycles. The number of benzene rings is 1. The molecule has 0 aliphatic rings. The summed E-state index contributed by atoms with van der Waals surface area (Å²) >= 11 is 0. The van der Waals surface area contributed by atoms with E-state index in [4.69, 9.17) is 5.11 Å². The van der Waals surface area contributed by atoms with E-state index < -0.39 is 0 Å². The predicted molar refractivity (Wildman–Crippen MR) is 70.9 cm³/mol. The van der Waals surface area contributed by atoms with E-state index in [0.717, 1.165) is 5.56 Å². The molecule has 1 aromatic carbocycles. The van der Waals surface area contributed by atoms with E-state index in [1.54, 1.807) is 24.3 Å². The van der Waals surface area contributed by atoms with Gasteiger partial charge in [-0.1, -0.05) is 12.1 Å². The summed E-state index contributed by atoms with van der Waals surface area (Å²) in [7, 11) is 0. The maximum Gasteiger partial charge on any atom is 0.320 e. The molecule has 2 rings (SSSR count). The van der Waals surface area contributed by atoms with E-state index in [1.165, 1.54) is 6.20 Å². The second-order valence-electron chi connectivity index (χ2n) is 3.91. The largest absolute Gasteiger partial charge is 0.508 e. The Labute approximate surface area is 110 Å². The van der Waals surface area contributed by atoms with Gasteiger partial charge in [0.05, 0.1) is 0 Å². The molecule has 0 bridgehead atoms. The highest BCUT2D eigenvalue weighted by Gasteiger charge is 2.01. The third-order valence-corrected chi connectivity index (χ3v) is 2.45. The molecule has 0 radical (unpaired) electrons. The first-order valence-electron chi connectivity index (χ1n) is 5.84. The van der Waals surface area contributed by atoms with Crippen molar-refractivity contribution in [2.24, 2.45) is 0 Å². The Balaban J connectivity index is 1.74. The molecule has 1 aromatic heterocycles. The van der Waals surface area contributed by atoms with Crippen molar-refractivity contribution in [2.75, 3.05) is 11.9 Å². The molecule has 19 heavy (non-hydrogen) atoms. The topological polar surface area (TPSA) is 87.1 Å². The summed E-state index contributed by atoms with van der Waals surface area (Å²) < 4.78 is 0. The number of amides is 2. The van der Waals surface area contributed by atoms with Crippen LogP contribution < -0.4 is 10.6 Å². The van der Waals surface area contributed by atoms with Crippen LogP contribution in [-0.2, 0) is 6.42 Å². The van der Waals surface area contributed by atoms with Gasteiger partial charge < -0.3 is 10.4 Å². The van der Waals surface area contributed by atoms with Gasteiger partial charge in [-0.15, -0.1) is 5.10 Å². The zero-order chi connectivity index (χ0) is 13.5. The molecule has 6 heteroatoms. The van der Waals surface area contributed by atoms with Crippen LogP contribution in [0.15, 0.2) is 42.6 Å². The number of aromatic nitrogens is 2. The minimum Gasteiger partial charge on any atom is -0.508 e. The van der Waals surface area contributed by atoms with Crippen LogP contribution in [0.25, 0.3) is 0 Å². The van der Waals surface area contributed by atoms with Gasteiger partial charge in [-0.25, -0.2) is 4.79 Å². The van der Waals surface area contributed by atoms with Gasteiger partial charge >= 0.3 is 6.03 Å². The highest BCUT2D eigenvalue weighted by Crippen LogP contribution is 2.09. The van der Waals surface area contributed by atoms with Gasteiger partial charge in [0.15, 0.2) is 5.82 Å². The summed E-state index contributed by atoms with van der Waals surface area (Å²) in [6, 6.07) is 9.91. The van der Waals surface area contributed by atoms with E-state index in [-0.39, 0.29) is 11.8 Å². The summed E-state index contributed by atoms with van der Waals surface area (Å²) in [6.45, 7) is 0.497. The Morgan fingerprint density at radius 2 is 2.00 bits per heavy atom. The summed E-state index contributed by atoms with van der Waals surface area (Å²) in [5, 5.41) is 21.8. The van der Waals surface area contributed by atoms with Crippen LogP contribution >= 0.6 is 0 Å². The first-order valence-corrected chi connectivity index (χ1v) is 5.84. The average Bonchev–Trinajstić information content (AvgIpc) is 2.42. The van der Waals surface area contributed by atoms with E-state index in [9.17, 15) is 4.79 Å². The summed E-state index contributed by atoms with van der Waals surface area (Å²) in [5.74, 6) is 0.640. The lowest BCUT2D eigenvalue weighted by Gasteiger charge is -2.06. The summed E-state index contributed by atoms with van der Waals surface area (Å²) in [4.78, 5) is 11.5. The van der Waals surface area contributed by atoms with Crippen molar-refractivity contribution < 1.29 is 9.90 Å². The number of phenolic OH excluding ortho intramolecular Hbond substituents is 1. The van der Waals surface area contributed by atoms with Crippen LogP contribution in [0, 0.1) is 0 Å². The number of carbonyl (C=O) groups is 1. The summed E-state index contributed by atoms with van der Waals surface area (Å²) in [6.07, 6.45) is 2.22. The van der Waals surface area contributed by atoms with Crippen LogP contribution in [0.3, 0.4) is 0 Å². The van der Waals surface area contributed by atoms with Gasteiger partial charge in [-0.2, -0.15) is 5.10 Å². The standard InChI is InChI=1S/C13H14N4O2/c18-11-5-3-10(4-6-11)7-9-14-13(19)16-12-2-1-8-15-17-12/h1-6,8,18H,7,9H2,(H2,14,16,17,19). The molecule has 2 aromatic rings. The number of hydrogen-bond acceptors (Lipinski definition) is 4. The molecular weight excluding hydrogens is 244 g/mol. The fourth-order valence-corrected chi connectivity index (χ4v) is 1.51. The molecule has 0 unspecified atom stereocenters. The van der Waals surface area contributed by atoms with Crippen molar-refractivity contribution in [3.8, 4) is 5.75 Å². The first-order chi connectivity index (χ1) is 9.24. The van der Waals surface area contributed by atoms with Gasteiger partial charge in [-0.3, -0.25) is 5.32 Å². The lowest BCUT2D eigenvalue weighted by Crippen LogP contribution is -2.30. The molecule has 0 aliphatic heterocycles. The molecule has 1 heterocycles. The van der Waals surface area contributed by atoms with Crippen molar-refractivity contribution >= 4 is 11.8 Å². The molecule has 0 aliphatic carbocycles. The van der Waals surface area contributed by atoms with Crippen molar-refractivity contribution in [3.05, 3.63) is 48.2 Å². The third kappa shape index (κ3) is 4.27. The lowest BCUT2D eigenvalue weighted by molar-refractivity contribution is 0.252. The van der Waals surface area contributed by atoms with Gasteiger partial charge in [0.25, 0.3) is 0 Å². The van der Waals surface area contributed by atoms with E-state index in [1.807, 2.05) is 12.1 Å². The third-order valence-electron chi connectivity index (χ3n) is 2.45. The van der Waals surface area contributed by atoms with E-state index in [2.05, 4.69) is 20.8 Å². The van der Waals surface area contributed by atoms with Crippen molar-refractivity contribution in [3.63, 3.8) is 0 Å². The molecule has 2 amide bonds. The van der Waals surface area contributed by atoms with E-state index in [0.29, 0.717) is 18.8 Å². The second-order valence-corrected chi connectivity index (χ2v) is 3.91. The molecule has 0 atom stereocenters. The van der Waals surface area contributed by atoms with Crippen molar-refractivity contribution in [1.29, 1.82) is 0 Å². The molecule has 98 valence electrons. The Bertz CT molecular complexity index is 528. The molecule has 0 fully saturated rings. The average molecular weight is 258 g/mol. The highest BCUT2D eigenvalue weighted by molar-refractivity contribution is 5.87. The fourth-order valence-electron chi connectivity index (χ4n) is 1.51. The minimum atomic E-state index is -0.320. The zero-order valence-electron chi connectivity index (χ0n) is 10.2. The smallest absolute Gasteiger partial charge is 0.320 e. The Hall–Kier alpha value is -2.63. The molecular formula is C13H14N4O2. The number of nitrogens with zero attached hydrogens (tertiary/aromatic N) is 2. The minimum absolute atomic E-state index is 0.233. The Morgan fingerprint density at radius 3 is 2.68 bits per heavy atom. The van der Waals surface area contributed by atoms with Gasteiger partial charge in [-0.05, 0) is 36.2 Å². The summed E-state index contributed by atoms with van der Waals surface area (Å²) in [5.41, 5.74) is 1.04. The van der Waals surface area contributed by atoms with Crippen LogP contribution in [0.4, 0.5) is 10.6 Å². The molecule has 3 N–H and O–H groups in total. The quantitative estimate of drug-likeness (QED) is 0.776. The first kappa shape index (κ1) is 12.8. The number of hydrogen-bond donors (Lipinski definition) is 3. The number of nitrogens with one attached hydrogen (secondary N) is 2. The number of phenols is 1. The number of urea groups is 1. The van der Waals surface area contributed by atoms with Crippen molar-refractivity contribution in [1.82, 2.24) is 15.5 Å². The monoisotopic (exact) mass is 258 g/mol. The van der Waals surface area contributed by atoms with Gasteiger partial charge in [0.2, 0.25) is 0 Å². The molecule has 0 spiro atoms. The number of rotatable bonds is 4. The van der Waals surface area contributed by atoms with Gasteiger partial charge in [0, 0.05) is 12.7 Å². The van der Waals surface area contributed by atoms with E-state index >= 15 is 0 Å². The molecule has 6 nitrogen and oxygen atoms in total. The fraction of sp³-hybridized carbons (Fsp3) is 0.154. The van der Waals surface area contributed by atoms with Gasteiger partial charge in [0.1, 0.15) is 5.75 Å². The number of carbonyl (C=O) groups excluding carboxylic acids is 1.